The topological polar surface area (TPSA) is 25.8 Å². The van der Waals surface area contributed by atoms with Crippen molar-refractivity contribution in [3.8, 4) is 11.3 Å². The minimum atomic E-state index is -4.56. The lowest BCUT2D eigenvalue weighted by Crippen LogP contribution is -2.10. The first kappa shape index (κ1) is 19.7. The second-order valence-electron chi connectivity index (χ2n) is 6.35. The van der Waals surface area contributed by atoms with Crippen LogP contribution in [0.1, 0.15) is 11.3 Å². The SMILES string of the molecule is FC(F)(F)c1cc(-c2ccc(Cl)cc2)nc(SCc2cccc3ccccc23)n1. The zero-order chi connectivity index (χ0) is 20.4. The summed E-state index contributed by atoms with van der Waals surface area (Å²) < 4.78 is 40.1. The highest BCUT2D eigenvalue weighted by atomic mass is 35.5. The molecule has 7 heteroatoms. The monoisotopic (exact) mass is 430 g/mol. The van der Waals surface area contributed by atoms with Crippen molar-refractivity contribution in [1.82, 2.24) is 9.97 Å². The Balaban J connectivity index is 1.69. The number of alkyl halides is 3. The zero-order valence-corrected chi connectivity index (χ0v) is 16.5. The van der Waals surface area contributed by atoms with E-state index in [9.17, 15) is 13.2 Å². The van der Waals surface area contributed by atoms with Gasteiger partial charge in [0.1, 0.15) is 5.69 Å². The van der Waals surface area contributed by atoms with Gasteiger partial charge in [-0.25, -0.2) is 9.97 Å². The van der Waals surface area contributed by atoms with E-state index in [1.807, 2.05) is 42.5 Å². The van der Waals surface area contributed by atoms with E-state index in [4.69, 9.17) is 11.6 Å². The fourth-order valence-corrected chi connectivity index (χ4v) is 3.95. The molecule has 0 aliphatic carbocycles. The van der Waals surface area contributed by atoms with Crippen LogP contribution in [0.25, 0.3) is 22.0 Å². The summed E-state index contributed by atoms with van der Waals surface area (Å²) in [4.78, 5) is 8.09. The molecule has 1 aromatic heterocycles. The van der Waals surface area contributed by atoms with Crippen LogP contribution in [0.15, 0.2) is 78.0 Å². The minimum absolute atomic E-state index is 0.0812. The maximum Gasteiger partial charge on any atom is 0.433 e. The molecule has 0 unspecified atom stereocenters. The zero-order valence-electron chi connectivity index (χ0n) is 14.9. The van der Waals surface area contributed by atoms with E-state index in [-0.39, 0.29) is 10.9 Å². The van der Waals surface area contributed by atoms with Gasteiger partial charge >= 0.3 is 6.18 Å². The van der Waals surface area contributed by atoms with Crippen molar-refractivity contribution in [2.45, 2.75) is 17.1 Å². The van der Waals surface area contributed by atoms with Crippen molar-refractivity contribution in [3.63, 3.8) is 0 Å². The molecule has 0 saturated carbocycles. The van der Waals surface area contributed by atoms with Gasteiger partial charge in [0.15, 0.2) is 5.16 Å². The normalized spacial score (nSPS) is 11.7. The molecule has 3 aromatic carbocycles. The molecule has 0 aliphatic rings. The molecule has 4 aromatic rings. The molecule has 2 nitrogen and oxygen atoms in total. The van der Waals surface area contributed by atoms with Gasteiger partial charge in [-0.3, -0.25) is 0 Å². The van der Waals surface area contributed by atoms with Gasteiger partial charge in [-0.05, 0) is 34.5 Å². The average Bonchev–Trinajstić information content (AvgIpc) is 2.72. The molecule has 0 aliphatic heterocycles. The maximum absolute atomic E-state index is 13.4. The molecule has 0 fully saturated rings. The van der Waals surface area contributed by atoms with Crippen LogP contribution in [0.3, 0.4) is 0 Å². The highest BCUT2D eigenvalue weighted by Gasteiger charge is 2.33. The summed E-state index contributed by atoms with van der Waals surface area (Å²) in [7, 11) is 0. The Kier molecular flexibility index (Phi) is 5.48. The number of nitrogens with zero attached hydrogens (tertiary/aromatic N) is 2. The van der Waals surface area contributed by atoms with Crippen LogP contribution >= 0.6 is 23.4 Å². The van der Waals surface area contributed by atoms with Crippen molar-refractivity contribution < 1.29 is 13.2 Å². The molecule has 0 bridgehead atoms. The van der Waals surface area contributed by atoms with Gasteiger partial charge in [-0.2, -0.15) is 13.2 Å². The molecule has 0 saturated heterocycles. The molecule has 1 heterocycles. The van der Waals surface area contributed by atoms with Gasteiger partial charge in [0.05, 0.1) is 5.69 Å². The third-order valence-corrected chi connectivity index (χ3v) is 5.52. The predicted molar refractivity (Wildman–Crippen MR) is 111 cm³/mol. The Labute approximate surface area is 174 Å². The van der Waals surface area contributed by atoms with Gasteiger partial charge in [0, 0.05) is 16.3 Å². The fourth-order valence-electron chi connectivity index (χ4n) is 2.96. The van der Waals surface area contributed by atoms with Crippen LogP contribution in [-0.4, -0.2) is 9.97 Å². The standard InChI is InChI=1S/C22H14ClF3N2S/c23-17-10-8-15(9-11-17)19-12-20(22(24,25)26)28-21(27-19)29-13-16-6-3-5-14-4-1-2-7-18(14)16/h1-12H,13H2. The smallest absolute Gasteiger partial charge is 0.222 e. The lowest BCUT2D eigenvalue weighted by Gasteiger charge is -2.11. The van der Waals surface area contributed by atoms with Crippen LogP contribution in [0, 0.1) is 0 Å². The summed E-state index contributed by atoms with van der Waals surface area (Å²) in [6.45, 7) is 0. The van der Waals surface area contributed by atoms with Crippen molar-refractivity contribution >= 4 is 34.1 Å². The highest BCUT2D eigenvalue weighted by Crippen LogP contribution is 2.33. The largest absolute Gasteiger partial charge is 0.433 e. The summed E-state index contributed by atoms with van der Waals surface area (Å²) in [5.74, 6) is 0.461. The van der Waals surface area contributed by atoms with Gasteiger partial charge in [0.25, 0.3) is 0 Å². The predicted octanol–water partition coefficient (Wildman–Crippen LogP) is 7.26. The third kappa shape index (κ3) is 4.54. The molecule has 29 heavy (non-hydrogen) atoms. The Bertz CT molecular complexity index is 1160. The van der Waals surface area contributed by atoms with Crippen molar-refractivity contribution in [3.05, 3.63) is 89.1 Å². The maximum atomic E-state index is 13.4. The summed E-state index contributed by atoms with van der Waals surface area (Å²) in [5.41, 5.74) is 0.818. The number of hydrogen-bond donors (Lipinski definition) is 0. The van der Waals surface area contributed by atoms with Crippen LogP contribution in [-0.2, 0) is 11.9 Å². The number of hydrogen-bond acceptors (Lipinski definition) is 3. The van der Waals surface area contributed by atoms with Crippen LogP contribution in [0.4, 0.5) is 13.2 Å². The minimum Gasteiger partial charge on any atom is -0.222 e. The van der Waals surface area contributed by atoms with E-state index in [0.717, 1.165) is 22.4 Å². The fraction of sp³-hybridized carbons (Fsp3) is 0.0909. The lowest BCUT2D eigenvalue weighted by atomic mass is 10.1. The average molecular weight is 431 g/mol. The first-order valence-corrected chi connectivity index (χ1v) is 10.1. The Morgan fingerprint density at radius 2 is 1.59 bits per heavy atom. The molecule has 146 valence electrons. The molecule has 0 amide bonds. The van der Waals surface area contributed by atoms with Crippen molar-refractivity contribution in [2.75, 3.05) is 0 Å². The first-order chi connectivity index (χ1) is 13.9. The van der Waals surface area contributed by atoms with Gasteiger partial charge in [-0.1, -0.05) is 78.0 Å². The molecule has 0 N–H and O–H groups in total. The molecule has 0 spiro atoms. The molecular formula is C22H14ClF3N2S. The van der Waals surface area contributed by atoms with Crippen LogP contribution in [0.5, 0.6) is 0 Å². The summed E-state index contributed by atoms with van der Waals surface area (Å²) in [6, 6.07) is 21.3. The van der Waals surface area contributed by atoms with E-state index in [1.54, 1.807) is 24.3 Å². The van der Waals surface area contributed by atoms with Crippen LogP contribution < -0.4 is 0 Å². The number of fused-ring (bicyclic) bond motifs is 1. The Hall–Kier alpha value is -2.57. The van der Waals surface area contributed by atoms with E-state index in [1.165, 1.54) is 11.8 Å². The van der Waals surface area contributed by atoms with Crippen molar-refractivity contribution in [2.24, 2.45) is 0 Å². The molecule has 0 radical (unpaired) electrons. The second kappa shape index (κ2) is 8.05. The summed E-state index contributed by atoms with van der Waals surface area (Å²) in [5, 5.41) is 2.73. The number of rotatable bonds is 4. The summed E-state index contributed by atoms with van der Waals surface area (Å²) >= 11 is 7.06. The number of halogens is 4. The van der Waals surface area contributed by atoms with E-state index in [2.05, 4.69) is 9.97 Å². The summed E-state index contributed by atoms with van der Waals surface area (Å²) in [6.07, 6.45) is -4.56. The molecule has 4 rings (SSSR count). The lowest BCUT2D eigenvalue weighted by molar-refractivity contribution is -0.141. The van der Waals surface area contributed by atoms with Gasteiger partial charge < -0.3 is 0 Å². The van der Waals surface area contributed by atoms with E-state index < -0.39 is 11.9 Å². The van der Waals surface area contributed by atoms with Gasteiger partial charge in [0.2, 0.25) is 0 Å². The Morgan fingerprint density at radius 1 is 0.862 bits per heavy atom. The number of aromatic nitrogens is 2. The molecule has 0 atom stereocenters. The highest BCUT2D eigenvalue weighted by molar-refractivity contribution is 7.98. The van der Waals surface area contributed by atoms with Gasteiger partial charge in [-0.15, -0.1) is 0 Å². The van der Waals surface area contributed by atoms with E-state index >= 15 is 0 Å². The first-order valence-electron chi connectivity index (χ1n) is 8.72. The Morgan fingerprint density at radius 3 is 2.34 bits per heavy atom. The van der Waals surface area contributed by atoms with Crippen molar-refractivity contribution in [1.29, 1.82) is 0 Å². The van der Waals surface area contributed by atoms with E-state index in [0.29, 0.717) is 16.3 Å². The third-order valence-electron chi connectivity index (χ3n) is 4.37. The molecular weight excluding hydrogens is 417 g/mol. The number of benzene rings is 3. The second-order valence-corrected chi connectivity index (χ2v) is 7.73. The quantitative estimate of drug-likeness (QED) is 0.251. The van der Waals surface area contributed by atoms with Crippen LogP contribution in [0.2, 0.25) is 5.02 Å². The number of thioether (sulfide) groups is 1.